The fourth-order valence-electron chi connectivity index (χ4n) is 3.95. The van der Waals surface area contributed by atoms with E-state index in [2.05, 4.69) is 10.3 Å². The lowest BCUT2D eigenvalue weighted by Gasteiger charge is -2.31. The molecule has 10 heteroatoms. The highest BCUT2D eigenvalue weighted by atomic mass is 19.1. The van der Waals surface area contributed by atoms with Gasteiger partial charge in [0.05, 0.1) is 31.9 Å². The summed E-state index contributed by atoms with van der Waals surface area (Å²) in [4.78, 5) is 29.7. The van der Waals surface area contributed by atoms with Crippen LogP contribution < -0.4 is 5.32 Å². The second-order valence-corrected chi connectivity index (χ2v) is 7.78. The maximum absolute atomic E-state index is 15.1. The Balaban J connectivity index is 1.79. The van der Waals surface area contributed by atoms with Crippen molar-refractivity contribution in [1.82, 2.24) is 15.2 Å². The number of benzene rings is 1. The Labute approximate surface area is 188 Å². The predicted molar refractivity (Wildman–Crippen MR) is 115 cm³/mol. The highest BCUT2D eigenvalue weighted by Gasteiger charge is 2.30. The fraction of sp³-hybridized carbons (Fsp3) is 0.348. The molecular formula is C23H23F2N3O5. The van der Waals surface area contributed by atoms with Gasteiger partial charge < -0.3 is 24.1 Å². The second-order valence-electron chi connectivity index (χ2n) is 7.78. The van der Waals surface area contributed by atoms with Crippen molar-refractivity contribution in [2.24, 2.45) is 0 Å². The first-order chi connectivity index (χ1) is 15.8. The Morgan fingerprint density at radius 2 is 2.00 bits per heavy atom. The van der Waals surface area contributed by atoms with E-state index in [0.717, 1.165) is 17.7 Å². The number of ether oxygens (including phenoxy) is 2. The van der Waals surface area contributed by atoms with Gasteiger partial charge in [-0.05, 0) is 30.7 Å². The van der Waals surface area contributed by atoms with Gasteiger partial charge in [0.25, 0.3) is 5.91 Å². The Morgan fingerprint density at radius 1 is 1.27 bits per heavy atom. The third kappa shape index (κ3) is 4.38. The lowest BCUT2D eigenvalue weighted by molar-refractivity contribution is -0.0235. The van der Waals surface area contributed by atoms with Crippen molar-refractivity contribution in [3.8, 4) is 11.3 Å². The minimum atomic E-state index is -0.939. The molecule has 1 atom stereocenters. The molecule has 1 aliphatic rings. The van der Waals surface area contributed by atoms with Gasteiger partial charge in [-0.3, -0.25) is 9.78 Å². The van der Waals surface area contributed by atoms with Crippen LogP contribution in [0, 0.1) is 18.6 Å². The van der Waals surface area contributed by atoms with E-state index in [1.54, 1.807) is 12.3 Å². The summed E-state index contributed by atoms with van der Waals surface area (Å²) in [5.74, 6) is -2.52. The van der Waals surface area contributed by atoms with Crippen LogP contribution in [-0.2, 0) is 15.9 Å². The van der Waals surface area contributed by atoms with E-state index in [0.29, 0.717) is 29.8 Å². The third-order valence-corrected chi connectivity index (χ3v) is 5.52. The number of rotatable bonds is 4. The number of nitrogens with one attached hydrogen (secondary N) is 1. The number of methoxy groups -OCH3 is 1. The molecule has 1 aromatic carbocycles. The molecule has 1 fully saturated rings. The number of hydrogen-bond acceptors (Lipinski definition) is 6. The monoisotopic (exact) mass is 459 g/mol. The van der Waals surface area contributed by atoms with Crippen molar-refractivity contribution in [3.63, 3.8) is 0 Å². The SMILES string of the molecule is CNC(=O)c1cc(F)c(-c2oc3cc(C)cnc3c2C[C@H]2CN(C(=O)OC)CCO2)c(F)c1. The summed E-state index contributed by atoms with van der Waals surface area (Å²) in [5, 5.41) is 2.34. The van der Waals surface area contributed by atoms with Crippen LogP contribution in [0.1, 0.15) is 21.5 Å². The van der Waals surface area contributed by atoms with E-state index in [1.807, 2.05) is 6.92 Å². The first kappa shape index (κ1) is 22.7. The minimum absolute atomic E-state index is 0.0275. The number of carbonyl (C=O) groups is 2. The molecule has 0 spiro atoms. The molecule has 8 nitrogen and oxygen atoms in total. The van der Waals surface area contributed by atoms with Crippen LogP contribution in [-0.4, -0.2) is 61.8 Å². The number of hydrogen-bond donors (Lipinski definition) is 1. The van der Waals surface area contributed by atoms with Gasteiger partial charge in [0, 0.05) is 37.3 Å². The Kier molecular flexibility index (Phi) is 6.28. The molecule has 4 rings (SSSR count). The quantitative estimate of drug-likeness (QED) is 0.642. The van der Waals surface area contributed by atoms with Crippen LogP contribution in [0.25, 0.3) is 22.4 Å². The molecule has 3 heterocycles. The molecule has 3 aromatic rings. The summed E-state index contributed by atoms with van der Waals surface area (Å²) >= 11 is 0. The third-order valence-electron chi connectivity index (χ3n) is 5.52. The highest BCUT2D eigenvalue weighted by Crippen LogP contribution is 2.37. The maximum atomic E-state index is 15.1. The average molecular weight is 459 g/mol. The van der Waals surface area contributed by atoms with Crippen LogP contribution in [0.4, 0.5) is 13.6 Å². The molecule has 1 N–H and O–H groups in total. The van der Waals surface area contributed by atoms with E-state index in [4.69, 9.17) is 13.9 Å². The molecule has 0 aliphatic carbocycles. The second kappa shape index (κ2) is 9.14. The number of halogens is 2. The van der Waals surface area contributed by atoms with E-state index >= 15 is 8.78 Å². The first-order valence-electron chi connectivity index (χ1n) is 10.4. The highest BCUT2D eigenvalue weighted by molar-refractivity contribution is 5.95. The standard InChI is InChI=1S/C23H23F2N3O5/c1-12-6-18-20(27-10-12)15(9-14-11-28(4-5-32-14)23(30)31-3)21(33-18)19-16(24)7-13(8-17(19)25)22(29)26-2/h6-8,10,14H,4-5,9,11H2,1-3H3,(H,26,29)/t14-/m0/s1. The van der Waals surface area contributed by atoms with Gasteiger partial charge in [0.1, 0.15) is 22.9 Å². The molecule has 0 saturated carbocycles. The Bertz CT molecular complexity index is 1200. The predicted octanol–water partition coefficient (Wildman–Crippen LogP) is 3.45. The molecule has 1 saturated heterocycles. The molecule has 0 unspecified atom stereocenters. The van der Waals surface area contributed by atoms with Gasteiger partial charge in [0.2, 0.25) is 0 Å². The fourth-order valence-corrected chi connectivity index (χ4v) is 3.95. The molecular weight excluding hydrogens is 436 g/mol. The molecule has 0 radical (unpaired) electrons. The summed E-state index contributed by atoms with van der Waals surface area (Å²) in [6.07, 6.45) is 0.893. The maximum Gasteiger partial charge on any atom is 0.409 e. The van der Waals surface area contributed by atoms with Crippen LogP contribution >= 0.6 is 0 Å². The van der Waals surface area contributed by atoms with Crippen molar-refractivity contribution in [2.75, 3.05) is 33.9 Å². The topological polar surface area (TPSA) is 93.9 Å². The molecule has 1 aliphatic heterocycles. The van der Waals surface area contributed by atoms with Crippen LogP contribution in [0.2, 0.25) is 0 Å². The first-order valence-corrected chi connectivity index (χ1v) is 10.4. The molecule has 2 aromatic heterocycles. The zero-order valence-corrected chi connectivity index (χ0v) is 18.4. The number of carbonyl (C=O) groups excluding carboxylic acids is 2. The van der Waals surface area contributed by atoms with Crippen molar-refractivity contribution in [1.29, 1.82) is 0 Å². The average Bonchev–Trinajstić information content (AvgIpc) is 3.14. The summed E-state index contributed by atoms with van der Waals surface area (Å²) in [5.41, 5.74) is 1.54. The largest absolute Gasteiger partial charge is 0.454 e. The lowest BCUT2D eigenvalue weighted by atomic mass is 9.99. The number of aromatic nitrogens is 1. The number of furan rings is 1. The van der Waals surface area contributed by atoms with E-state index in [-0.39, 0.29) is 24.3 Å². The van der Waals surface area contributed by atoms with Crippen molar-refractivity contribution in [3.05, 3.63) is 52.7 Å². The van der Waals surface area contributed by atoms with E-state index in [1.165, 1.54) is 19.1 Å². The minimum Gasteiger partial charge on any atom is -0.454 e. The van der Waals surface area contributed by atoms with Crippen molar-refractivity contribution in [2.45, 2.75) is 19.4 Å². The van der Waals surface area contributed by atoms with Gasteiger partial charge in [-0.1, -0.05) is 0 Å². The van der Waals surface area contributed by atoms with Gasteiger partial charge in [0.15, 0.2) is 5.58 Å². The number of amides is 2. The van der Waals surface area contributed by atoms with Gasteiger partial charge >= 0.3 is 6.09 Å². The molecule has 33 heavy (non-hydrogen) atoms. The lowest BCUT2D eigenvalue weighted by Crippen LogP contribution is -2.46. The van der Waals surface area contributed by atoms with Crippen LogP contribution in [0.15, 0.2) is 28.8 Å². The number of pyridine rings is 1. The number of fused-ring (bicyclic) bond motifs is 1. The zero-order chi connectivity index (χ0) is 23.7. The Morgan fingerprint density at radius 3 is 2.67 bits per heavy atom. The van der Waals surface area contributed by atoms with E-state index < -0.39 is 35.3 Å². The van der Waals surface area contributed by atoms with Gasteiger partial charge in [-0.15, -0.1) is 0 Å². The van der Waals surface area contributed by atoms with E-state index in [9.17, 15) is 9.59 Å². The van der Waals surface area contributed by atoms with Crippen LogP contribution in [0.5, 0.6) is 0 Å². The summed E-state index contributed by atoms with van der Waals surface area (Å²) < 4.78 is 46.6. The molecule has 174 valence electrons. The summed E-state index contributed by atoms with van der Waals surface area (Å²) in [6.45, 7) is 2.74. The zero-order valence-electron chi connectivity index (χ0n) is 18.4. The normalized spacial score (nSPS) is 16.2. The number of nitrogens with zero attached hydrogens (tertiary/aromatic N) is 2. The van der Waals surface area contributed by atoms with Crippen molar-refractivity contribution < 1.29 is 32.3 Å². The van der Waals surface area contributed by atoms with Gasteiger partial charge in [-0.2, -0.15) is 0 Å². The summed E-state index contributed by atoms with van der Waals surface area (Å²) in [7, 11) is 2.67. The van der Waals surface area contributed by atoms with Crippen LogP contribution in [0.3, 0.4) is 0 Å². The number of aryl methyl sites for hydroxylation is 1. The Hall–Kier alpha value is -3.53. The molecule has 2 amide bonds. The smallest absolute Gasteiger partial charge is 0.409 e. The van der Waals surface area contributed by atoms with Crippen molar-refractivity contribution >= 4 is 23.1 Å². The van der Waals surface area contributed by atoms with Gasteiger partial charge in [-0.25, -0.2) is 13.6 Å². The number of morpholine rings is 1. The molecule has 0 bridgehead atoms. The summed E-state index contributed by atoms with van der Waals surface area (Å²) in [6, 6.07) is 3.65.